The van der Waals surface area contributed by atoms with Gasteiger partial charge in [0.25, 0.3) is 0 Å². The van der Waals surface area contributed by atoms with Crippen molar-refractivity contribution in [3.8, 4) is 0 Å². The Morgan fingerprint density at radius 3 is 2.94 bits per heavy atom. The molecule has 1 amide bonds. The van der Waals surface area contributed by atoms with Gasteiger partial charge in [0.05, 0.1) is 18.3 Å². The average molecular weight is 253 g/mol. The van der Waals surface area contributed by atoms with E-state index in [1.165, 1.54) is 0 Å². The van der Waals surface area contributed by atoms with Crippen LogP contribution in [0.5, 0.6) is 0 Å². The van der Waals surface area contributed by atoms with Crippen molar-refractivity contribution in [2.75, 3.05) is 19.7 Å². The van der Waals surface area contributed by atoms with Crippen LogP contribution in [-0.2, 0) is 9.53 Å². The van der Waals surface area contributed by atoms with Gasteiger partial charge in [0.15, 0.2) is 0 Å². The number of rotatable bonds is 3. The highest BCUT2D eigenvalue weighted by Crippen LogP contribution is 2.25. The van der Waals surface area contributed by atoms with Gasteiger partial charge < -0.3 is 14.7 Å². The van der Waals surface area contributed by atoms with Crippen LogP contribution in [0.2, 0.25) is 0 Å². The molecular formula is C14H23NO3. The van der Waals surface area contributed by atoms with E-state index in [1.807, 2.05) is 18.7 Å². The van der Waals surface area contributed by atoms with E-state index in [0.29, 0.717) is 25.4 Å². The number of carbonyl (C=O) groups excluding carboxylic acids is 1. The van der Waals surface area contributed by atoms with Gasteiger partial charge in [-0.15, -0.1) is 0 Å². The summed E-state index contributed by atoms with van der Waals surface area (Å²) in [6.45, 7) is 5.01. The van der Waals surface area contributed by atoms with Crippen LogP contribution in [0.4, 0.5) is 0 Å². The van der Waals surface area contributed by atoms with Crippen molar-refractivity contribution in [2.24, 2.45) is 5.92 Å². The number of nitrogens with zero attached hydrogens (tertiary/aromatic N) is 1. The van der Waals surface area contributed by atoms with Crippen molar-refractivity contribution in [3.05, 3.63) is 12.2 Å². The van der Waals surface area contributed by atoms with Crippen LogP contribution < -0.4 is 0 Å². The lowest BCUT2D eigenvalue weighted by atomic mass is 10.0. The largest absolute Gasteiger partial charge is 0.394 e. The molecule has 0 saturated carbocycles. The third kappa shape index (κ3) is 3.33. The normalized spacial score (nSPS) is 30.7. The zero-order chi connectivity index (χ0) is 13.2. The maximum Gasteiger partial charge on any atom is 0.223 e. The first kappa shape index (κ1) is 13.6. The molecule has 4 heteroatoms. The van der Waals surface area contributed by atoms with Crippen molar-refractivity contribution in [1.29, 1.82) is 0 Å². The Hall–Kier alpha value is -0.870. The SMILES string of the molecule is CC1(C)CN(C(=O)CC2C=CCC2)CC(CO)O1. The fourth-order valence-corrected chi connectivity index (χ4v) is 2.80. The van der Waals surface area contributed by atoms with Gasteiger partial charge in [0.1, 0.15) is 0 Å². The number of amides is 1. The molecule has 0 bridgehead atoms. The molecule has 0 aromatic carbocycles. The Morgan fingerprint density at radius 1 is 1.56 bits per heavy atom. The van der Waals surface area contributed by atoms with Gasteiger partial charge in [-0.1, -0.05) is 12.2 Å². The number of aliphatic hydroxyl groups is 1. The van der Waals surface area contributed by atoms with Gasteiger partial charge in [-0.3, -0.25) is 4.79 Å². The lowest BCUT2D eigenvalue weighted by Crippen LogP contribution is -2.55. The van der Waals surface area contributed by atoms with E-state index in [4.69, 9.17) is 4.74 Å². The number of carbonyl (C=O) groups is 1. The molecule has 1 aliphatic carbocycles. The average Bonchev–Trinajstić information content (AvgIpc) is 2.79. The minimum atomic E-state index is -0.368. The second kappa shape index (κ2) is 5.41. The van der Waals surface area contributed by atoms with Crippen molar-refractivity contribution in [2.45, 2.75) is 44.8 Å². The van der Waals surface area contributed by atoms with E-state index in [1.54, 1.807) is 0 Å². The summed E-state index contributed by atoms with van der Waals surface area (Å²) in [7, 11) is 0. The van der Waals surface area contributed by atoms with Gasteiger partial charge in [-0.2, -0.15) is 0 Å². The van der Waals surface area contributed by atoms with Crippen LogP contribution in [0.25, 0.3) is 0 Å². The summed E-state index contributed by atoms with van der Waals surface area (Å²) < 4.78 is 5.72. The van der Waals surface area contributed by atoms with E-state index in [2.05, 4.69) is 12.2 Å². The van der Waals surface area contributed by atoms with E-state index in [-0.39, 0.29) is 24.2 Å². The van der Waals surface area contributed by atoms with Crippen LogP contribution in [-0.4, -0.2) is 47.3 Å². The lowest BCUT2D eigenvalue weighted by molar-refractivity contribution is -0.167. The van der Waals surface area contributed by atoms with E-state index in [0.717, 1.165) is 12.8 Å². The molecule has 18 heavy (non-hydrogen) atoms. The van der Waals surface area contributed by atoms with Crippen LogP contribution in [0, 0.1) is 5.92 Å². The first-order valence-corrected chi connectivity index (χ1v) is 6.73. The smallest absolute Gasteiger partial charge is 0.223 e. The maximum absolute atomic E-state index is 12.3. The quantitative estimate of drug-likeness (QED) is 0.772. The molecule has 1 aliphatic heterocycles. The molecular weight excluding hydrogens is 230 g/mol. The third-order valence-corrected chi connectivity index (χ3v) is 3.59. The summed E-state index contributed by atoms with van der Waals surface area (Å²) in [5, 5.41) is 9.23. The van der Waals surface area contributed by atoms with E-state index < -0.39 is 0 Å². The molecule has 4 nitrogen and oxygen atoms in total. The standard InChI is InChI=1S/C14H23NO3/c1-14(2)10-15(8-12(9-16)18-14)13(17)7-11-5-3-4-6-11/h3,5,11-12,16H,4,6-10H2,1-2H3. The summed E-state index contributed by atoms with van der Waals surface area (Å²) in [6.07, 6.45) is 6.81. The zero-order valence-corrected chi connectivity index (χ0v) is 11.3. The second-order valence-corrected chi connectivity index (χ2v) is 5.93. The molecule has 2 atom stereocenters. The molecule has 1 fully saturated rings. The highest BCUT2D eigenvalue weighted by Gasteiger charge is 2.35. The maximum atomic E-state index is 12.3. The van der Waals surface area contributed by atoms with Gasteiger partial charge >= 0.3 is 0 Å². The van der Waals surface area contributed by atoms with Crippen LogP contribution in [0.3, 0.4) is 0 Å². The summed E-state index contributed by atoms with van der Waals surface area (Å²) in [4.78, 5) is 14.1. The lowest BCUT2D eigenvalue weighted by Gasteiger charge is -2.42. The molecule has 102 valence electrons. The minimum absolute atomic E-state index is 0.0312. The number of morpholine rings is 1. The number of hydrogen-bond acceptors (Lipinski definition) is 3. The van der Waals surface area contributed by atoms with E-state index >= 15 is 0 Å². The Labute approximate surface area is 109 Å². The van der Waals surface area contributed by atoms with Crippen LogP contribution in [0.1, 0.15) is 33.1 Å². The number of aliphatic hydroxyl groups excluding tert-OH is 1. The highest BCUT2D eigenvalue weighted by atomic mass is 16.5. The van der Waals surface area contributed by atoms with Crippen molar-refractivity contribution in [3.63, 3.8) is 0 Å². The first-order chi connectivity index (χ1) is 8.50. The van der Waals surface area contributed by atoms with E-state index in [9.17, 15) is 9.90 Å². The molecule has 0 aromatic rings. The van der Waals surface area contributed by atoms with Gasteiger partial charge in [-0.05, 0) is 32.6 Å². The highest BCUT2D eigenvalue weighted by molar-refractivity contribution is 5.77. The summed E-state index contributed by atoms with van der Waals surface area (Å²) >= 11 is 0. The first-order valence-electron chi connectivity index (χ1n) is 6.73. The second-order valence-electron chi connectivity index (χ2n) is 5.93. The number of ether oxygens (including phenoxy) is 1. The number of allylic oxidation sites excluding steroid dienone is 2. The minimum Gasteiger partial charge on any atom is -0.394 e. The van der Waals surface area contributed by atoms with Crippen molar-refractivity contribution >= 4 is 5.91 Å². The Balaban J connectivity index is 1.93. The van der Waals surface area contributed by atoms with Crippen LogP contribution >= 0.6 is 0 Å². The molecule has 2 rings (SSSR count). The fourth-order valence-electron chi connectivity index (χ4n) is 2.80. The Bertz CT molecular complexity index is 338. The predicted octanol–water partition coefficient (Wildman–Crippen LogP) is 1.34. The molecule has 1 heterocycles. The van der Waals surface area contributed by atoms with Gasteiger partial charge in [-0.25, -0.2) is 0 Å². The fraction of sp³-hybridized carbons (Fsp3) is 0.786. The molecule has 2 unspecified atom stereocenters. The summed E-state index contributed by atoms with van der Waals surface area (Å²) in [5.74, 6) is 0.581. The summed E-state index contributed by atoms with van der Waals surface area (Å²) in [6, 6.07) is 0. The molecule has 0 radical (unpaired) electrons. The van der Waals surface area contributed by atoms with Gasteiger partial charge in [0.2, 0.25) is 5.91 Å². The van der Waals surface area contributed by atoms with Crippen molar-refractivity contribution in [1.82, 2.24) is 4.90 Å². The molecule has 0 spiro atoms. The topological polar surface area (TPSA) is 49.8 Å². The molecule has 2 aliphatic rings. The molecule has 0 aromatic heterocycles. The number of hydrogen-bond donors (Lipinski definition) is 1. The van der Waals surface area contributed by atoms with Gasteiger partial charge in [0, 0.05) is 19.5 Å². The Morgan fingerprint density at radius 2 is 2.33 bits per heavy atom. The Kier molecular flexibility index (Phi) is 4.07. The monoisotopic (exact) mass is 253 g/mol. The summed E-state index contributed by atoms with van der Waals surface area (Å²) in [5.41, 5.74) is -0.368. The zero-order valence-electron chi connectivity index (χ0n) is 11.3. The molecule has 1 saturated heterocycles. The molecule has 1 N–H and O–H groups in total. The third-order valence-electron chi connectivity index (χ3n) is 3.59. The van der Waals surface area contributed by atoms with Crippen LogP contribution in [0.15, 0.2) is 12.2 Å². The van der Waals surface area contributed by atoms with Crippen molar-refractivity contribution < 1.29 is 14.6 Å². The predicted molar refractivity (Wildman–Crippen MR) is 69.1 cm³/mol.